The van der Waals surface area contributed by atoms with Crippen molar-refractivity contribution in [2.75, 3.05) is 0 Å². The van der Waals surface area contributed by atoms with E-state index in [9.17, 15) is 0 Å². The number of aromatic nitrogens is 1. The molecule has 0 aliphatic heterocycles. The van der Waals surface area contributed by atoms with E-state index in [0.717, 1.165) is 6.42 Å². The number of nitrogens with zero attached hydrogens (tertiary/aromatic N) is 1. The molecule has 1 nitrogen and oxygen atoms in total. The highest BCUT2D eigenvalue weighted by atomic mass is 15.0. The first kappa shape index (κ1) is 5.78. The van der Waals surface area contributed by atoms with Gasteiger partial charge < -0.3 is 4.57 Å². The molecule has 52 valence electrons. The average molecular weight is 133 g/mol. The summed E-state index contributed by atoms with van der Waals surface area (Å²) in [4.78, 5) is 0. The number of fused-ring (bicyclic) bond motifs is 1. The van der Waals surface area contributed by atoms with Crippen LogP contribution in [0.2, 0.25) is 0 Å². The van der Waals surface area contributed by atoms with Gasteiger partial charge in [-0.2, -0.15) is 0 Å². The SMILES string of the molecule is Cc1cc2c(n1C)C=CC2. The van der Waals surface area contributed by atoms with Crippen LogP contribution in [0.4, 0.5) is 0 Å². The molecule has 0 spiro atoms. The highest BCUT2D eigenvalue weighted by Crippen LogP contribution is 2.21. The van der Waals surface area contributed by atoms with Crippen LogP contribution >= 0.6 is 0 Å². The third-order valence-corrected chi connectivity index (χ3v) is 2.22. The van der Waals surface area contributed by atoms with Gasteiger partial charge in [-0.05, 0) is 31.1 Å². The maximum Gasteiger partial charge on any atom is 0.0438 e. The van der Waals surface area contributed by atoms with Gasteiger partial charge in [-0.15, -0.1) is 0 Å². The molecule has 0 saturated carbocycles. The molecule has 1 heterocycles. The molecular weight excluding hydrogens is 122 g/mol. The van der Waals surface area contributed by atoms with Gasteiger partial charge in [0.2, 0.25) is 0 Å². The summed E-state index contributed by atoms with van der Waals surface area (Å²) >= 11 is 0. The Morgan fingerprint density at radius 1 is 1.50 bits per heavy atom. The van der Waals surface area contributed by atoms with Crippen molar-refractivity contribution >= 4 is 6.08 Å². The van der Waals surface area contributed by atoms with Gasteiger partial charge in [0.25, 0.3) is 0 Å². The Bertz CT molecular complexity index is 292. The molecule has 1 aliphatic carbocycles. The largest absolute Gasteiger partial charge is 0.348 e. The van der Waals surface area contributed by atoms with Crippen LogP contribution in [0.1, 0.15) is 17.0 Å². The molecule has 0 N–H and O–H groups in total. The second-order valence-corrected chi connectivity index (χ2v) is 2.86. The maximum atomic E-state index is 2.26. The van der Waals surface area contributed by atoms with E-state index in [0.29, 0.717) is 0 Å². The normalized spacial score (nSPS) is 14.2. The first-order valence-electron chi connectivity index (χ1n) is 3.61. The standard InChI is InChI=1S/C9H11N/c1-7-6-8-4-3-5-9(8)10(7)2/h3,5-6H,4H2,1-2H3. The summed E-state index contributed by atoms with van der Waals surface area (Å²) < 4.78 is 2.23. The summed E-state index contributed by atoms with van der Waals surface area (Å²) in [7, 11) is 2.11. The lowest BCUT2D eigenvalue weighted by Gasteiger charge is -1.97. The molecule has 1 aliphatic rings. The van der Waals surface area contributed by atoms with Crippen LogP contribution in [0.25, 0.3) is 6.08 Å². The minimum atomic E-state index is 1.12. The van der Waals surface area contributed by atoms with E-state index in [4.69, 9.17) is 0 Å². The summed E-state index contributed by atoms with van der Waals surface area (Å²) in [5.41, 5.74) is 4.21. The van der Waals surface area contributed by atoms with Gasteiger partial charge in [-0.1, -0.05) is 6.08 Å². The lowest BCUT2D eigenvalue weighted by Crippen LogP contribution is -1.91. The molecule has 10 heavy (non-hydrogen) atoms. The Morgan fingerprint density at radius 2 is 2.30 bits per heavy atom. The summed E-state index contributed by atoms with van der Waals surface area (Å²) in [5, 5.41) is 0. The highest BCUT2D eigenvalue weighted by Gasteiger charge is 2.09. The number of hydrogen-bond acceptors (Lipinski definition) is 0. The van der Waals surface area contributed by atoms with Gasteiger partial charge in [0.05, 0.1) is 0 Å². The first-order valence-corrected chi connectivity index (χ1v) is 3.61. The Kier molecular flexibility index (Phi) is 1.01. The Balaban J connectivity index is 2.69. The zero-order chi connectivity index (χ0) is 7.14. The monoisotopic (exact) mass is 133 g/mol. The van der Waals surface area contributed by atoms with E-state index in [1.54, 1.807) is 0 Å². The lowest BCUT2D eigenvalue weighted by atomic mass is 10.2. The van der Waals surface area contributed by atoms with Crippen molar-refractivity contribution in [3.63, 3.8) is 0 Å². The molecule has 1 heteroatoms. The average Bonchev–Trinajstić information content (AvgIpc) is 2.41. The van der Waals surface area contributed by atoms with Crippen molar-refractivity contribution in [1.29, 1.82) is 0 Å². The summed E-state index contributed by atoms with van der Waals surface area (Å²) in [6, 6.07) is 2.26. The quantitative estimate of drug-likeness (QED) is 0.509. The van der Waals surface area contributed by atoms with Crippen molar-refractivity contribution in [2.45, 2.75) is 13.3 Å². The summed E-state index contributed by atoms with van der Waals surface area (Å²) in [5.74, 6) is 0. The van der Waals surface area contributed by atoms with E-state index in [2.05, 4.69) is 36.8 Å². The zero-order valence-corrected chi connectivity index (χ0v) is 6.39. The predicted molar refractivity (Wildman–Crippen MR) is 42.9 cm³/mol. The number of hydrogen-bond donors (Lipinski definition) is 0. The van der Waals surface area contributed by atoms with Crippen LogP contribution in [-0.4, -0.2) is 4.57 Å². The zero-order valence-electron chi connectivity index (χ0n) is 6.39. The fourth-order valence-electron chi connectivity index (χ4n) is 1.51. The minimum absolute atomic E-state index is 1.12. The van der Waals surface area contributed by atoms with E-state index < -0.39 is 0 Å². The van der Waals surface area contributed by atoms with E-state index in [-0.39, 0.29) is 0 Å². The predicted octanol–water partition coefficient (Wildman–Crippen LogP) is 1.90. The Morgan fingerprint density at radius 3 is 3.00 bits per heavy atom. The van der Waals surface area contributed by atoms with Crippen molar-refractivity contribution in [1.82, 2.24) is 4.57 Å². The van der Waals surface area contributed by atoms with Gasteiger partial charge in [-0.3, -0.25) is 0 Å². The van der Waals surface area contributed by atoms with E-state index in [1.807, 2.05) is 0 Å². The van der Waals surface area contributed by atoms with Crippen LogP contribution in [0.15, 0.2) is 12.1 Å². The molecule has 1 aromatic heterocycles. The molecule has 0 saturated heterocycles. The summed E-state index contributed by atoms with van der Waals surface area (Å²) in [6.07, 6.45) is 5.53. The molecular formula is C9H11N. The minimum Gasteiger partial charge on any atom is -0.348 e. The second kappa shape index (κ2) is 1.75. The molecule has 0 atom stereocenters. The van der Waals surface area contributed by atoms with Gasteiger partial charge in [0.15, 0.2) is 0 Å². The van der Waals surface area contributed by atoms with E-state index in [1.165, 1.54) is 17.0 Å². The van der Waals surface area contributed by atoms with Crippen LogP contribution in [-0.2, 0) is 13.5 Å². The third kappa shape index (κ3) is 0.576. The maximum absolute atomic E-state index is 2.26. The molecule has 2 rings (SSSR count). The topological polar surface area (TPSA) is 4.93 Å². The fraction of sp³-hybridized carbons (Fsp3) is 0.333. The number of rotatable bonds is 0. The lowest BCUT2D eigenvalue weighted by molar-refractivity contribution is 0.871. The van der Waals surface area contributed by atoms with Gasteiger partial charge in [-0.25, -0.2) is 0 Å². The molecule has 1 aromatic rings. The Hall–Kier alpha value is -0.980. The van der Waals surface area contributed by atoms with Crippen molar-refractivity contribution < 1.29 is 0 Å². The van der Waals surface area contributed by atoms with Gasteiger partial charge in [0.1, 0.15) is 0 Å². The van der Waals surface area contributed by atoms with Crippen LogP contribution in [0.5, 0.6) is 0 Å². The first-order chi connectivity index (χ1) is 4.79. The smallest absolute Gasteiger partial charge is 0.0438 e. The van der Waals surface area contributed by atoms with Crippen LogP contribution in [0, 0.1) is 6.92 Å². The van der Waals surface area contributed by atoms with E-state index >= 15 is 0 Å². The van der Waals surface area contributed by atoms with Crippen LogP contribution < -0.4 is 0 Å². The van der Waals surface area contributed by atoms with Crippen molar-refractivity contribution in [3.8, 4) is 0 Å². The van der Waals surface area contributed by atoms with Gasteiger partial charge in [0, 0.05) is 18.4 Å². The fourth-order valence-corrected chi connectivity index (χ4v) is 1.51. The molecule has 0 aromatic carbocycles. The Labute approximate surface area is 61.0 Å². The van der Waals surface area contributed by atoms with Crippen molar-refractivity contribution in [2.24, 2.45) is 7.05 Å². The third-order valence-electron chi connectivity index (χ3n) is 2.22. The molecule has 0 fully saturated rings. The number of aryl methyl sites for hydroxylation is 1. The highest BCUT2D eigenvalue weighted by molar-refractivity contribution is 5.58. The van der Waals surface area contributed by atoms with Crippen LogP contribution in [0.3, 0.4) is 0 Å². The van der Waals surface area contributed by atoms with Gasteiger partial charge >= 0.3 is 0 Å². The number of allylic oxidation sites excluding steroid dienone is 1. The van der Waals surface area contributed by atoms with Crippen molar-refractivity contribution in [3.05, 3.63) is 29.1 Å². The molecule has 0 bridgehead atoms. The molecule has 0 amide bonds. The summed E-state index contributed by atoms with van der Waals surface area (Å²) in [6.45, 7) is 2.14. The molecule has 0 unspecified atom stereocenters. The second-order valence-electron chi connectivity index (χ2n) is 2.86. The molecule has 0 radical (unpaired) electrons.